The molecule has 0 bridgehead atoms. The Kier molecular flexibility index (Phi) is 4.93. The van der Waals surface area contributed by atoms with E-state index in [4.69, 9.17) is 17.3 Å². The summed E-state index contributed by atoms with van der Waals surface area (Å²) in [6.07, 6.45) is 0. The molecule has 20 heavy (non-hydrogen) atoms. The molecule has 0 aliphatic carbocycles. The minimum Gasteiger partial charge on any atom is -0.352 e. The monoisotopic (exact) mass is 306 g/mol. The summed E-state index contributed by atoms with van der Waals surface area (Å²) in [6, 6.07) is 14.9. The van der Waals surface area contributed by atoms with Gasteiger partial charge in [-0.2, -0.15) is 0 Å². The lowest BCUT2D eigenvalue weighted by Crippen LogP contribution is -2.31. The van der Waals surface area contributed by atoms with Crippen molar-refractivity contribution in [3.05, 3.63) is 64.7 Å². The minimum atomic E-state index is -0.575. The van der Waals surface area contributed by atoms with Crippen molar-refractivity contribution < 1.29 is 4.79 Å². The van der Waals surface area contributed by atoms with Gasteiger partial charge in [-0.05, 0) is 25.1 Å². The second-order valence-electron chi connectivity index (χ2n) is 4.34. The zero-order valence-electron chi connectivity index (χ0n) is 11.0. The van der Waals surface area contributed by atoms with Crippen LogP contribution in [0, 0.1) is 6.92 Å². The van der Waals surface area contributed by atoms with Crippen LogP contribution >= 0.6 is 23.4 Å². The van der Waals surface area contributed by atoms with Crippen LogP contribution in [0.4, 0.5) is 4.79 Å². The highest BCUT2D eigenvalue weighted by atomic mass is 35.5. The van der Waals surface area contributed by atoms with Gasteiger partial charge in [-0.1, -0.05) is 59.3 Å². The molecule has 0 spiro atoms. The van der Waals surface area contributed by atoms with Gasteiger partial charge in [0.1, 0.15) is 5.37 Å². The van der Waals surface area contributed by atoms with Crippen molar-refractivity contribution in [1.82, 2.24) is 5.32 Å². The van der Waals surface area contributed by atoms with Crippen LogP contribution < -0.4 is 11.1 Å². The number of hydrogen-bond donors (Lipinski definition) is 2. The Morgan fingerprint density at radius 1 is 1.20 bits per heavy atom. The number of hydrogen-bond acceptors (Lipinski definition) is 2. The number of carbonyl (C=O) groups excluding carboxylic acids is 1. The van der Waals surface area contributed by atoms with Crippen LogP contribution in [0.2, 0.25) is 5.02 Å². The maximum absolute atomic E-state index is 11.2. The van der Waals surface area contributed by atoms with Crippen LogP contribution in [-0.2, 0) is 0 Å². The van der Waals surface area contributed by atoms with E-state index in [1.807, 2.05) is 49.4 Å². The summed E-state index contributed by atoms with van der Waals surface area (Å²) in [6.45, 7) is 2.03. The second-order valence-corrected chi connectivity index (χ2v) is 5.93. The lowest BCUT2D eigenvalue weighted by Gasteiger charge is -2.18. The third-order valence-electron chi connectivity index (χ3n) is 2.74. The van der Waals surface area contributed by atoms with Crippen molar-refractivity contribution in [1.29, 1.82) is 0 Å². The van der Waals surface area contributed by atoms with Crippen molar-refractivity contribution in [2.75, 3.05) is 0 Å². The Labute approximate surface area is 127 Å². The van der Waals surface area contributed by atoms with E-state index in [1.54, 1.807) is 6.07 Å². The van der Waals surface area contributed by atoms with Crippen LogP contribution in [-0.4, -0.2) is 6.03 Å². The van der Waals surface area contributed by atoms with Gasteiger partial charge in [-0.3, -0.25) is 0 Å². The fourth-order valence-corrected chi connectivity index (χ4v) is 3.12. The van der Waals surface area contributed by atoms with E-state index < -0.39 is 6.03 Å². The van der Waals surface area contributed by atoms with Gasteiger partial charge in [0.25, 0.3) is 0 Å². The fraction of sp³-hybridized carbons (Fsp3) is 0.133. The first kappa shape index (κ1) is 14.8. The van der Waals surface area contributed by atoms with Crippen LogP contribution in [0.15, 0.2) is 53.4 Å². The van der Waals surface area contributed by atoms with Crippen molar-refractivity contribution in [3.8, 4) is 0 Å². The summed E-state index contributed by atoms with van der Waals surface area (Å²) < 4.78 is 0. The summed E-state index contributed by atoms with van der Waals surface area (Å²) in [4.78, 5) is 12.2. The topological polar surface area (TPSA) is 55.1 Å². The minimum absolute atomic E-state index is 0.316. The van der Waals surface area contributed by atoms with Crippen molar-refractivity contribution in [3.63, 3.8) is 0 Å². The molecule has 2 amide bonds. The molecule has 0 radical (unpaired) electrons. The quantitative estimate of drug-likeness (QED) is 0.660. The number of urea groups is 1. The predicted molar refractivity (Wildman–Crippen MR) is 83.9 cm³/mol. The largest absolute Gasteiger partial charge is 0.352 e. The van der Waals surface area contributed by atoms with Gasteiger partial charge in [-0.25, -0.2) is 4.79 Å². The molecule has 0 aliphatic heterocycles. The maximum Gasteiger partial charge on any atom is 0.313 e. The molecule has 0 aliphatic rings. The Bertz CT molecular complexity index is 601. The lowest BCUT2D eigenvalue weighted by atomic mass is 10.2. The molecule has 1 unspecified atom stereocenters. The van der Waals surface area contributed by atoms with E-state index in [-0.39, 0.29) is 5.37 Å². The summed E-state index contributed by atoms with van der Waals surface area (Å²) in [5, 5.41) is 3.00. The van der Waals surface area contributed by atoms with Crippen molar-refractivity contribution in [2.24, 2.45) is 5.73 Å². The molecule has 0 saturated heterocycles. The SMILES string of the molecule is Cc1ccc(SC(NC(N)=O)c2ccccc2Cl)cc1. The molecular formula is C15H15ClN2OS. The van der Waals surface area contributed by atoms with Crippen LogP contribution in [0.1, 0.15) is 16.5 Å². The van der Waals surface area contributed by atoms with Gasteiger partial charge in [-0.15, -0.1) is 0 Å². The highest BCUT2D eigenvalue weighted by Crippen LogP contribution is 2.36. The molecule has 0 saturated carbocycles. The number of nitrogens with one attached hydrogen (secondary N) is 1. The standard InChI is InChI=1S/C15H15ClN2OS/c1-10-6-8-11(9-7-10)20-14(18-15(17)19)12-4-2-3-5-13(12)16/h2-9,14H,1H3,(H3,17,18,19). The maximum atomic E-state index is 11.2. The molecule has 5 heteroatoms. The first-order valence-corrected chi connectivity index (χ1v) is 7.36. The summed E-state index contributed by atoms with van der Waals surface area (Å²) in [5.41, 5.74) is 7.27. The number of thioether (sulfide) groups is 1. The first-order chi connectivity index (χ1) is 9.56. The molecule has 104 valence electrons. The van der Waals surface area contributed by atoms with E-state index in [0.29, 0.717) is 5.02 Å². The van der Waals surface area contributed by atoms with E-state index in [0.717, 1.165) is 10.5 Å². The van der Waals surface area contributed by atoms with Crippen LogP contribution in [0.5, 0.6) is 0 Å². The van der Waals surface area contributed by atoms with Crippen LogP contribution in [0.3, 0.4) is 0 Å². The van der Waals surface area contributed by atoms with Crippen molar-refractivity contribution in [2.45, 2.75) is 17.2 Å². The molecule has 1 atom stereocenters. The number of carbonyl (C=O) groups is 1. The second kappa shape index (κ2) is 6.68. The Hall–Kier alpha value is -1.65. The molecule has 0 heterocycles. The fourth-order valence-electron chi connectivity index (χ4n) is 1.74. The molecule has 2 aromatic carbocycles. The Balaban J connectivity index is 2.26. The Morgan fingerprint density at radius 2 is 1.85 bits per heavy atom. The number of nitrogens with two attached hydrogens (primary N) is 1. The number of halogens is 1. The normalized spacial score (nSPS) is 11.9. The van der Waals surface area contributed by atoms with Gasteiger partial charge in [0.05, 0.1) is 0 Å². The number of primary amides is 1. The molecule has 0 fully saturated rings. The number of aryl methyl sites for hydroxylation is 1. The zero-order chi connectivity index (χ0) is 14.5. The lowest BCUT2D eigenvalue weighted by molar-refractivity contribution is 0.248. The van der Waals surface area contributed by atoms with E-state index in [9.17, 15) is 4.79 Å². The first-order valence-electron chi connectivity index (χ1n) is 6.10. The number of benzene rings is 2. The van der Waals surface area contributed by atoms with E-state index >= 15 is 0 Å². The number of rotatable bonds is 4. The Morgan fingerprint density at radius 3 is 2.45 bits per heavy atom. The number of amides is 2. The molecular weight excluding hydrogens is 292 g/mol. The third kappa shape index (κ3) is 3.92. The molecule has 3 nitrogen and oxygen atoms in total. The van der Waals surface area contributed by atoms with Gasteiger partial charge < -0.3 is 11.1 Å². The average Bonchev–Trinajstić information content (AvgIpc) is 2.41. The van der Waals surface area contributed by atoms with E-state index in [1.165, 1.54) is 17.3 Å². The summed E-state index contributed by atoms with van der Waals surface area (Å²) in [5.74, 6) is 0. The van der Waals surface area contributed by atoms with E-state index in [2.05, 4.69) is 5.32 Å². The predicted octanol–water partition coefficient (Wildman–Crippen LogP) is 4.11. The van der Waals surface area contributed by atoms with Crippen LogP contribution in [0.25, 0.3) is 0 Å². The molecule has 2 aromatic rings. The van der Waals surface area contributed by atoms with Gasteiger partial charge >= 0.3 is 6.03 Å². The highest BCUT2D eigenvalue weighted by Gasteiger charge is 2.17. The summed E-state index contributed by atoms with van der Waals surface area (Å²) in [7, 11) is 0. The van der Waals surface area contributed by atoms with Crippen molar-refractivity contribution >= 4 is 29.4 Å². The summed E-state index contributed by atoms with van der Waals surface area (Å²) >= 11 is 7.69. The highest BCUT2D eigenvalue weighted by molar-refractivity contribution is 7.99. The van der Waals surface area contributed by atoms with Gasteiger partial charge in [0, 0.05) is 15.5 Å². The smallest absolute Gasteiger partial charge is 0.313 e. The zero-order valence-corrected chi connectivity index (χ0v) is 12.5. The molecule has 2 rings (SSSR count). The van der Waals surface area contributed by atoms with Gasteiger partial charge in [0.15, 0.2) is 0 Å². The molecule has 0 aromatic heterocycles. The van der Waals surface area contributed by atoms with Gasteiger partial charge in [0.2, 0.25) is 0 Å². The molecule has 3 N–H and O–H groups in total. The third-order valence-corrected chi connectivity index (χ3v) is 4.23. The average molecular weight is 307 g/mol.